The highest BCUT2D eigenvalue weighted by Gasteiger charge is 2.40. The molecule has 1 amide bonds. The number of primary amides is 1. The van der Waals surface area contributed by atoms with Crippen LogP contribution in [0.15, 0.2) is 72.5 Å². The van der Waals surface area contributed by atoms with Gasteiger partial charge in [-0.25, -0.2) is 9.97 Å². The lowest BCUT2D eigenvalue weighted by Crippen LogP contribution is -2.45. The van der Waals surface area contributed by atoms with E-state index in [1.807, 2.05) is 28.8 Å². The fraction of sp³-hybridized carbons (Fsp3) is 0.387. The zero-order valence-electron chi connectivity index (χ0n) is 24.3. The molecule has 0 aliphatic rings. The molecule has 2 atom stereocenters. The summed E-state index contributed by atoms with van der Waals surface area (Å²) >= 11 is 1.67. The van der Waals surface area contributed by atoms with E-state index in [2.05, 4.69) is 81.5 Å². The number of carbonyl (C=O) groups is 1. The number of nitrogens with zero attached hydrogens (tertiary/aromatic N) is 3. The molecule has 0 fully saturated rings. The fourth-order valence-electron chi connectivity index (χ4n) is 4.33. The highest BCUT2D eigenvalue weighted by atomic mass is 32.1. The summed E-state index contributed by atoms with van der Waals surface area (Å²) in [5.74, 6) is 0.243. The molecule has 0 unspecified atom stereocenters. The molecule has 0 aliphatic carbocycles. The Labute approximate surface area is 242 Å². The summed E-state index contributed by atoms with van der Waals surface area (Å²) < 4.78 is 14.9. The van der Waals surface area contributed by atoms with Crippen LogP contribution in [0.4, 0.5) is 0 Å². The molecule has 0 aliphatic heterocycles. The molecule has 2 N–H and O–H groups in total. The number of hydrogen-bond acceptors (Lipinski definition) is 6. The van der Waals surface area contributed by atoms with Gasteiger partial charge in [0, 0.05) is 30.0 Å². The number of carbonyl (C=O) groups excluding carboxylic acids is 1. The van der Waals surface area contributed by atoms with Crippen LogP contribution in [-0.4, -0.2) is 41.5 Å². The van der Waals surface area contributed by atoms with Crippen LogP contribution in [0, 0.1) is 0 Å². The van der Waals surface area contributed by atoms with Gasteiger partial charge >= 0.3 is 0 Å². The van der Waals surface area contributed by atoms with Crippen LogP contribution >= 0.6 is 11.3 Å². The van der Waals surface area contributed by atoms with Crippen LogP contribution in [0.3, 0.4) is 0 Å². The lowest BCUT2D eigenvalue weighted by molar-refractivity contribution is 0.0994. The molecule has 7 nitrogen and oxygen atoms in total. The maximum Gasteiger partial charge on any atom is 0.268 e. The van der Waals surface area contributed by atoms with Gasteiger partial charge in [0.25, 0.3) is 5.91 Å². The van der Waals surface area contributed by atoms with Gasteiger partial charge in [0.1, 0.15) is 11.4 Å². The topological polar surface area (TPSA) is 92.3 Å². The average Bonchev–Trinajstić information content (AvgIpc) is 3.57. The molecule has 0 radical (unpaired) electrons. The van der Waals surface area contributed by atoms with Crippen molar-refractivity contribution in [1.82, 2.24) is 14.5 Å². The molecule has 2 heterocycles. The predicted octanol–water partition coefficient (Wildman–Crippen LogP) is 7.12. The van der Waals surface area contributed by atoms with Crippen molar-refractivity contribution in [2.24, 2.45) is 5.73 Å². The van der Waals surface area contributed by atoms with E-state index in [1.54, 1.807) is 23.9 Å². The third kappa shape index (κ3) is 7.47. The van der Waals surface area contributed by atoms with Crippen LogP contribution in [0.5, 0.6) is 5.75 Å². The smallest absolute Gasteiger partial charge is 0.268 e. The zero-order valence-corrected chi connectivity index (χ0v) is 26.1. The van der Waals surface area contributed by atoms with Crippen molar-refractivity contribution in [1.29, 1.82) is 0 Å². The molecule has 0 saturated heterocycles. The second kappa shape index (κ2) is 12.5. The number of amides is 1. The maximum absolute atomic E-state index is 11.7. The van der Waals surface area contributed by atoms with Gasteiger partial charge in [-0.1, -0.05) is 63.2 Å². The number of nitrogens with two attached hydrogens (primary N) is 1. The van der Waals surface area contributed by atoms with E-state index in [0.29, 0.717) is 13.0 Å². The molecule has 0 spiro atoms. The number of aromatic nitrogens is 3. The molecule has 9 heteroatoms. The van der Waals surface area contributed by atoms with Crippen LogP contribution in [0.2, 0.25) is 18.1 Å². The molecule has 212 valence electrons. The van der Waals surface area contributed by atoms with Crippen molar-refractivity contribution in [2.45, 2.75) is 70.8 Å². The zero-order chi connectivity index (χ0) is 28.9. The summed E-state index contributed by atoms with van der Waals surface area (Å²) in [6.45, 7) is 13.7. The summed E-state index contributed by atoms with van der Waals surface area (Å²) in [5.41, 5.74) is 8.95. The molecule has 4 rings (SSSR count). The van der Waals surface area contributed by atoms with E-state index in [9.17, 15) is 4.79 Å². The first kappa shape index (κ1) is 29.7. The quantitative estimate of drug-likeness (QED) is 0.181. The van der Waals surface area contributed by atoms with Gasteiger partial charge in [0.15, 0.2) is 8.32 Å². The van der Waals surface area contributed by atoms with Crippen LogP contribution in [0.1, 0.15) is 61.2 Å². The molecule has 4 aromatic rings. The summed E-state index contributed by atoms with van der Waals surface area (Å²) in [4.78, 5) is 20.8. The summed E-state index contributed by atoms with van der Waals surface area (Å²) in [7, 11) is -2.02. The Kier molecular flexibility index (Phi) is 9.28. The number of hydrogen-bond donors (Lipinski definition) is 1. The monoisotopic (exact) mass is 576 g/mol. The van der Waals surface area contributed by atoms with Gasteiger partial charge in [0.2, 0.25) is 0 Å². The Morgan fingerprint density at radius 2 is 1.88 bits per heavy atom. The van der Waals surface area contributed by atoms with Crippen molar-refractivity contribution in [3.8, 4) is 17.0 Å². The Balaban J connectivity index is 1.44. The maximum atomic E-state index is 11.7. The molecule has 0 saturated carbocycles. The van der Waals surface area contributed by atoms with Crippen LogP contribution in [0.25, 0.3) is 11.3 Å². The van der Waals surface area contributed by atoms with E-state index < -0.39 is 14.2 Å². The number of thiazole rings is 1. The molecular formula is C31H40N4O3SSi. The van der Waals surface area contributed by atoms with Gasteiger partial charge in [0.05, 0.1) is 35.8 Å². The second-order valence-electron chi connectivity index (χ2n) is 11.7. The first-order valence-corrected chi connectivity index (χ1v) is 17.4. The number of ether oxygens (including phenoxy) is 1. The third-order valence-corrected chi connectivity index (χ3v) is 13.0. The lowest BCUT2D eigenvalue weighted by Gasteiger charge is -2.40. The van der Waals surface area contributed by atoms with E-state index in [0.717, 1.165) is 28.4 Å². The van der Waals surface area contributed by atoms with E-state index in [-0.39, 0.29) is 22.9 Å². The Morgan fingerprint density at radius 1 is 1.12 bits per heavy atom. The highest BCUT2D eigenvalue weighted by molar-refractivity contribution is 7.10. The SMILES string of the molecule is C[C@H](O[Si](C)(C)C(C)(C)C)[C@@H](CCOc1cccc(-c2csc(Cc3ccccc3)n2)c1)n1cnc(C(N)=O)c1. The molecular weight excluding hydrogens is 537 g/mol. The van der Waals surface area contributed by atoms with E-state index in [1.165, 1.54) is 5.56 Å². The normalized spacial score (nSPS) is 13.7. The summed E-state index contributed by atoms with van der Waals surface area (Å²) in [6.07, 6.45) is 4.75. The van der Waals surface area contributed by atoms with Crippen LogP contribution < -0.4 is 10.5 Å². The molecule has 2 aromatic heterocycles. The first-order valence-electron chi connectivity index (χ1n) is 13.7. The minimum atomic E-state index is -2.02. The minimum Gasteiger partial charge on any atom is -0.493 e. The average molecular weight is 577 g/mol. The Morgan fingerprint density at radius 3 is 2.55 bits per heavy atom. The van der Waals surface area contributed by atoms with Crippen LogP contribution in [-0.2, 0) is 10.8 Å². The standard InChI is InChI=1S/C31H40N4O3SSi/c1-22(38-40(5,6)31(2,3)4)28(35-19-26(30(32)36)33-21-35)15-16-37-25-14-10-13-24(18-25)27-20-39-29(34-27)17-23-11-8-7-9-12-23/h7-14,18-22,28H,15-17H2,1-6H3,(H2,32,36)/t22-,28+/m0/s1. The third-order valence-electron chi connectivity index (χ3n) is 7.63. The number of benzene rings is 2. The summed E-state index contributed by atoms with van der Waals surface area (Å²) in [5, 5.41) is 3.26. The largest absolute Gasteiger partial charge is 0.493 e. The van der Waals surface area contributed by atoms with E-state index in [4.69, 9.17) is 19.9 Å². The number of rotatable bonds is 12. The molecule has 0 bridgehead atoms. The van der Waals surface area contributed by atoms with Crippen molar-refractivity contribution >= 4 is 25.6 Å². The van der Waals surface area contributed by atoms with Gasteiger partial charge in [-0.3, -0.25) is 4.79 Å². The second-order valence-corrected chi connectivity index (χ2v) is 17.4. The Bertz CT molecular complexity index is 1410. The van der Waals surface area contributed by atoms with E-state index >= 15 is 0 Å². The van der Waals surface area contributed by atoms with Crippen molar-refractivity contribution in [3.05, 3.63) is 88.8 Å². The van der Waals surface area contributed by atoms with Crippen molar-refractivity contribution < 1.29 is 14.0 Å². The van der Waals surface area contributed by atoms with Gasteiger partial charge in [-0.15, -0.1) is 11.3 Å². The van der Waals surface area contributed by atoms with Gasteiger partial charge in [-0.2, -0.15) is 0 Å². The lowest BCUT2D eigenvalue weighted by atomic mass is 10.1. The predicted molar refractivity (Wildman–Crippen MR) is 164 cm³/mol. The molecule has 40 heavy (non-hydrogen) atoms. The van der Waals surface area contributed by atoms with Crippen molar-refractivity contribution in [3.63, 3.8) is 0 Å². The molecule has 2 aromatic carbocycles. The minimum absolute atomic E-state index is 0.0722. The Hall–Kier alpha value is -3.27. The first-order chi connectivity index (χ1) is 18.9. The van der Waals surface area contributed by atoms with Gasteiger partial charge in [-0.05, 0) is 42.8 Å². The fourth-order valence-corrected chi connectivity index (χ4v) is 6.61. The summed E-state index contributed by atoms with van der Waals surface area (Å²) in [6, 6.07) is 18.4. The highest BCUT2D eigenvalue weighted by Crippen LogP contribution is 2.39. The number of imidazole rings is 1. The van der Waals surface area contributed by atoms with Crippen molar-refractivity contribution in [2.75, 3.05) is 6.61 Å². The van der Waals surface area contributed by atoms with Gasteiger partial charge < -0.3 is 19.5 Å².